The lowest BCUT2D eigenvalue weighted by molar-refractivity contribution is 0.305. The van der Waals surface area contributed by atoms with E-state index in [1.165, 1.54) is 6.21 Å². The van der Waals surface area contributed by atoms with Crippen molar-refractivity contribution in [1.82, 2.24) is 10.2 Å². The zero-order valence-electron chi connectivity index (χ0n) is 9.70. The van der Waals surface area contributed by atoms with E-state index in [0.717, 1.165) is 37.4 Å². The minimum absolute atomic E-state index is 0.916. The van der Waals surface area contributed by atoms with E-state index < -0.39 is 0 Å². The van der Waals surface area contributed by atoms with Gasteiger partial charge in [0.1, 0.15) is 0 Å². The molecule has 1 fully saturated rings. The normalized spacial score (nSPS) is 17.6. The van der Waals surface area contributed by atoms with Gasteiger partial charge in [-0.25, -0.2) is 0 Å². The van der Waals surface area contributed by atoms with Crippen LogP contribution in [0.15, 0.2) is 36.3 Å². The van der Waals surface area contributed by atoms with Crippen LogP contribution in [0.3, 0.4) is 0 Å². The fourth-order valence-corrected chi connectivity index (χ4v) is 1.60. The van der Waals surface area contributed by atoms with Crippen LogP contribution in [0.5, 0.6) is 0 Å². The maximum absolute atomic E-state index is 7.13. The van der Waals surface area contributed by atoms with Crippen LogP contribution < -0.4 is 5.32 Å². The van der Waals surface area contributed by atoms with E-state index in [2.05, 4.69) is 16.8 Å². The topological polar surface area (TPSA) is 48.4 Å². The van der Waals surface area contributed by atoms with Gasteiger partial charge in [-0.1, -0.05) is 6.58 Å². The number of hydrogen-bond donors (Lipinski definition) is 2. The number of nitrogens with zero attached hydrogens (tertiary/aromatic N) is 1. The number of nitrogens with one attached hydrogen (secondary N) is 2. The summed E-state index contributed by atoms with van der Waals surface area (Å²) in [6.45, 7) is 7.93. The summed E-state index contributed by atoms with van der Waals surface area (Å²) in [7, 11) is 1.60. The average molecular weight is 221 g/mol. The molecular formula is C12H19N3O. The van der Waals surface area contributed by atoms with Crippen LogP contribution in [0.2, 0.25) is 0 Å². The Balaban J connectivity index is 2.69. The van der Waals surface area contributed by atoms with Gasteiger partial charge in [-0.15, -0.1) is 0 Å². The monoisotopic (exact) mass is 221 g/mol. The first kappa shape index (κ1) is 12.5. The molecule has 0 bridgehead atoms. The molecule has 0 aromatic carbocycles. The molecule has 1 rings (SSSR count). The molecule has 88 valence electrons. The third-order valence-electron chi connectivity index (χ3n) is 2.48. The molecular weight excluding hydrogens is 202 g/mol. The summed E-state index contributed by atoms with van der Waals surface area (Å²) in [5.41, 5.74) is 1.86. The number of ether oxygens (including phenoxy) is 1. The van der Waals surface area contributed by atoms with Crippen LogP contribution in [0, 0.1) is 5.41 Å². The molecule has 1 aliphatic rings. The van der Waals surface area contributed by atoms with Crippen LogP contribution in [0.4, 0.5) is 0 Å². The van der Waals surface area contributed by atoms with Gasteiger partial charge in [-0.05, 0) is 12.2 Å². The van der Waals surface area contributed by atoms with Gasteiger partial charge in [0.05, 0.1) is 13.4 Å². The summed E-state index contributed by atoms with van der Waals surface area (Å²) in [6, 6.07) is 0. The van der Waals surface area contributed by atoms with Gasteiger partial charge in [-0.3, -0.25) is 0 Å². The molecule has 0 radical (unpaired) electrons. The van der Waals surface area contributed by atoms with Crippen LogP contribution in [0.1, 0.15) is 0 Å². The minimum Gasteiger partial charge on any atom is -0.504 e. The average Bonchev–Trinajstić information content (AvgIpc) is 2.35. The first-order valence-corrected chi connectivity index (χ1v) is 5.34. The van der Waals surface area contributed by atoms with Crippen molar-refractivity contribution < 1.29 is 4.74 Å². The standard InChI is InChI=1S/C12H19N3O/c1-11(15-8-6-14-7-9-15)12(3-5-13)4-10-16-2/h3-5,10,13-14H,1,6-9H2,2H3/b10-4+,12-3+,13-5?. The molecule has 1 saturated heterocycles. The summed E-state index contributed by atoms with van der Waals surface area (Å²) in [5, 5.41) is 10.4. The van der Waals surface area contributed by atoms with Gasteiger partial charge in [0.25, 0.3) is 0 Å². The molecule has 1 heterocycles. The third-order valence-corrected chi connectivity index (χ3v) is 2.48. The predicted molar refractivity (Wildman–Crippen MR) is 66.6 cm³/mol. The first-order valence-electron chi connectivity index (χ1n) is 5.34. The summed E-state index contributed by atoms with van der Waals surface area (Å²) in [4.78, 5) is 2.21. The Morgan fingerprint density at radius 3 is 2.69 bits per heavy atom. The molecule has 0 unspecified atom stereocenters. The van der Waals surface area contributed by atoms with E-state index in [0.29, 0.717) is 0 Å². The summed E-state index contributed by atoms with van der Waals surface area (Å²) in [6.07, 6.45) is 6.42. The Hall–Kier alpha value is -1.55. The fraction of sp³-hybridized carbons (Fsp3) is 0.417. The lowest BCUT2D eigenvalue weighted by Crippen LogP contribution is -2.42. The molecule has 0 amide bonds. The maximum atomic E-state index is 7.13. The van der Waals surface area contributed by atoms with E-state index >= 15 is 0 Å². The summed E-state index contributed by atoms with van der Waals surface area (Å²) in [5.74, 6) is 0. The summed E-state index contributed by atoms with van der Waals surface area (Å²) >= 11 is 0. The second-order valence-corrected chi connectivity index (χ2v) is 3.51. The lowest BCUT2D eigenvalue weighted by atomic mass is 10.1. The van der Waals surface area contributed by atoms with Crippen LogP contribution in [-0.2, 0) is 4.74 Å². The van der Waals surface area contributed by atoms with Crippen molar-refractivity contribution in [2.75, 3.05) is 33.3 Å². The second-order valence-electron chi connectivity index (χ2n) is 3.51. The Bertz CT molecular complexity index is 301. The Morgan fingerprint density at radius 2 is 2.12 bits per heavy atom. The Morgan fingerprint density at radius 1 is 1.44 bits per heavy atom. The zero-order chi connectivity index (χ0) is 11.8. The van der Waals surface area contributed by atoms with Crippen LogP contribution in [0.25, 0.3) is 0 Å². The number of piperazine rings is 1. The SMILES string of the molecule is C=C(C(/C=C/OC)=C/C=N)N1CCNCC1. The molecule has 0 atom stereocenters. The van der Waals surface area contributed by atoms with Crippen molar-refractivity contribution in [3.63, 3.8) is 0 Å². The van der Waals surface area contributed by atoms with Crippen molar-refractivity contribution in [1.29, 1.82) is 5.41 Å². The largest absolute Gasteiger partial charge is 0.504 e. The maximum Gasteiger partial charge on any atom is 0.0831 e. The highest BCUT2D eigenvalue weighted by Gasteiger charge is 2.12. The highest BCUT2D eigenvalue weighted by atomic mass is 16.5. The molecule has 0 saturated carbocycles. The van der Waals surface area contributed by atoms with Crippen molar-refractivity contribution >= 4 is 6.21 Å². The van der Waals surface area contributed by atoms with E-state index in [-0.39, 0.29) is 0 Å². The van der Waals surface area contributed by atoms with Gasteiger partial charge >= 0.3 is 0 Å². The van der Waals surface area contributed by atoms with Crippen molar-refractivity contribution in [2.24, 2.45) is 0 Å². The van der Waals surface area contributed by atoms with Gasteiger partial charge in [0, 0.05) is 43.7 Å². The second kappa shape index (κ2) is 6.85. The van der Waals surface area contributed by atoms with Crippen molar-refractivity contribution in [3.8, 4) is 0 Å². The third kappa shape index (κ3) is 3.55. The van der Waals surface area contributed by atoms with Gasteiger partial charge < -0.3 is 20.4 Å². The quantitative estimate of drug-likeness (QED) is 0.416. The van der Waals surface area contributed by atoms with Crippen molar-refractivity contribution in [2.45, 2.75) is 0 Å². The van der Waals surface area contributed by atoms with E-state index in [1.54, 1.807) is 19.4 Å². The molecule has 4 nitrogen and oxygen atoms in total. The number of allylic oxidation sites excluding steroid dienone is 2. The molecule has 4 heteroatoms. The molecule has 1 aliphatic heterocycles. The highest BCUT2D eigenvalue weighted by Crippen LogP contribution is 2.15. The number of hydrogen-bond acceptors (Lipinski definition) is 4. The van der Waals surface area contributed by atoms with E-state index in [4.69, 9.17) is 10.1 Å². The van der Waals surface area contributed by atoms with Gasteiger partial charge in [0.15, 0.2) is 0 Å². The smallest absolute Gasteiger partial charge is 0.0831 e. The van der Waals surface area contributed by atoms with E-state index in [1.807, 2.05) is 6.08 Å². The fourth-order valence-electron chi connectivity index (χ4n) is 1.60. The van der Waals surface area contributed by atoms with Crippen LogP contribution >= 0.6 is 0 Å². The Kier molecular flexibility index (Phi) is 5.36. The molecule has 0 aromatic heterocycles. The Labute approximate surface area is 96.8 Å². The lowest BCUT2D eigenvalue weighted by Gasteiger charge is -2.31. The highest BCUT2D eigenvalue weighted by molar-refractivity contribution is 5.71. The predicted octanol–water partition coefficient (Wildman–Crippen LogP) is 1.14. The molecule has 0 aromatic rings. The minimum atomic E-state index is 0.916. The first-order chi connectivity index (χ1) is 7.79. The molecule has 2 N–H and O–H groups in total. The number of rotatable bonds is 5. The molecule has 16 heavy (non-hydrogen) atoms. The van der Waals surface area contributed by atoms with Crippen molar-refractivity contribution in [3.05, 3.63) is 36.3 Å². The van der Waals surface area contributed by atoms with Crippen LogP contribution in [-0.4, -0.2) is 44.4 Å². The summed E-state index contributed by atoms with van der Waals surface area (Å²) < 4.78 is 4.89. The zero-order valence-corrected chi connectivity index (χ0v) is 9.70. The van der Waals surface area contributed by atoms with Gasteiger partial charge in [0.2, 0.25) is 0 Å². The molecule has 0 spiro atoms. The number of methoxy groups -OCH3 is 1. The molecule has 0 aliphatic carbocycles. The van der Waals surface area contributed by atoms with E-state index in [9.17, 15) is 0 Å². The van der Waals surface area contributed by atoms with Gasteiger partial charge in [-0.2, -0.15) is 0 Å².